The second-order valence-corrected chi connectivity index (χ2v) is 8.06. The van der Waals surface area contributed by atoms with Crippen molar-refractivity contribution in [2.75, 3.05) is 0 Å². The first-order valence-electron chi connectivity index (χ1n) is 11.1. The zero-order chi connectivity index (χ0) is 22.7. The summed E-state index contributed by atoms with van der Waals surface area (Å²) in [4.78, 5) is 18.0. The van der Waals surface area contributed by atoms with Crippen molar-refractivity contribution in [3.63, 3.8) is 0 Å². The van der Waals surface area contributed by atoms with E-state index in [1.807, 2.05) is 36.7 Å². The monoisotopic (exact) mass is 436 g/mol. The Morgan fingerprint density at radius 3 is 1.71 bits per heavy atom. The van der Waals surface area contributed by atoms with Crippen LogP contribution in [0.2, 0.25) is 0 Å². The van der Waals surface area contributed by atoms with Gasteiger partial charge in [-0.15, -0.1) is 0 Å². The Balaban J connectivity index is 1.30. The number of nitrogens with zero attached hydrogens (tertiary/aromatic N) is 4. The molecule has 0 unspecified atom stereocenters. The standard InChI is InChI=1S/C30H20N4/c1-2-6-21(7-3-1)22-10-14-24(15-11-22)29-32-20-33-30(34-29)25-16-12-23(13-17-25)28-19-31-18-26-8-4-5-9-27(26)28/h1-20H. The molecule has 0 fully saturated rings. The molecule has 0 aliphatic heterocycles. The van der Waals surface area contributed by atoms with Crippen LogP contribution in [-0.4, -0.2) is 19.9 Å². The van der Waals surface area contributed by atoms with Crippen molar-refractivity contribution >= 4 is 10.8 Å². The lowest BCUT2D eigenvalue weighted by Crippen LogP contribution is -1.95. The first kappa shape index (κ1) is 19.9. The number of rotatable bonds is 4. The summed E-state index contributed by atoms with van der Waals surface area (Å²) in [6.45, 7) is 0. The first-order chi connectivity index (χ1) is 16.8. The number of aromatic nitrogens is 4. The second-order valence-electron chi connectivity index (χ2n) is 8.06. The molecule has 0 spiro atoms. The second kappa shape index (κ2) is 8.68. The third kappa shape index (κ3) is 3.82. The van der Waals surface area contributed by atoms with E-state index in [-0.39, 0.29) is 0 Å². The third-order valence-corrected chi connectivity index (χ3v) is 5.94. The molecule has 0 saturated heterocycles. The predicted molar refractivity (Wildman–Crippen MR) is 137 cm³/mol. The average Bonchev–Trinajstić information content (AvgIpc) is 2.93. The topological polar surface area (TPSA) is 51.6 Å². The number of pyridine rings is 1. The number of fused-ring (bicyclic) bond motifs is 1. The minimum absolute atomic E-state index is 0.653. The van der Waals surface area contributed by atoms with Crippen LogP contribution in [0.25, 0.3) is 55.8 Å². The lowest BCUT2D eigenvalue weighted by atomic mass is 10.00. The van der Waals surface area contributed by atoms with Crippen LogP contribution < -0.4 is 0 Å². The van der Waals surface area contributed by atoms with Crippen molar-refractivity contribution in [2.24, 2.45) is 0 Å². The highest BCUT2D eigenvalue weighted by Crippen LogP contribution is 2.29. The molecule has 4 nitrogen and oxygen atoms in total. The highest BCUT2D eigenvalue weighted by atomic mass is 15.0. The van der Waals surface area contributed by atoms with Gasteiger partial charge in [-0.05, 0) is 22.1 Å². The van der Waals surface area contributed by atoms with Gasteiger partial charge in [0, 0.05) is 34.5 Å². The van der Waals surface area contributed by atoms with E-state index in [0.29, 0.717) is 11.6 Å². The Morgan fingerprint density at radius 1 is 0.441 bits per heavy atom. The molecule has 0 aliphatic rings. The van der Waals surface area contributed by atoms with Gasteiger partial charge in [-0.3, -0.25) is 4.98 Å². The molecule has 6 aromatic rings. The van der Waals surface area contributed by atoms with Gasteiger partial charge in [0.2, 0.25) is 0 Å². The van der Waals surface area contributed by atoms with Gasteiger partial charge in [-0.2, -0.15) is 0 Å². The van der Waals surface area contributed by atoms with Crippen molar-refractivity contribution in [2.45, 2.75) is 0 Å². The molecule has 0 saturated carbocycles. The summed E-state index contributed by atoms with van der Waals surface area (Å²) in [5.41, 5.74) is 6.48. The summed E-state index contributed by atoms with van der Waals surface area (Å²) >= 11 is 0. The fraction of sp³-hybridized carbons (Fsp3) is 0. The van der Waals surface area contributed by atoms with E-state index in [1.54, 1.807) is 6.33 Å². The van der Waals surface area contributed by atoms with Gasteiger partial charge in [0.15, 0.2) is 11.6 Å². The lowest BCUT2D eigenvalue weighted by molar-refractivity contribution is 1.07. The molecule has 0 atom stereocenters. The van der Waals surface area contributed by atoms with Crippen molar-refractivity contribution in [1.29, 1.82) is 0 Å². The minimum atomic E-state index is 0.653. The van der Waals surface area contributed by atoms with Crippen molar-refractivity contribution < 1.29 is 0 Å². The van der Waals surface area contributed by atoms with Crippen LogP contribution in [0.15, 0.2) is 122 Å². The Labute approximate surface area is 197 Å². The van der Waals surface area contributed by atoms with Crippen LogP contribution in [0, 0.1) is 0 Å². The van der Waals surface area contributed by atoms with Crippen LogP contribution >= 0.6 is 0 Å². The summed E-state index contributed by atoms with van der Waals surface area (Å²) in [6, 6.07) is 35.2. The minimum Gasteiger partial charge on any atom is -0.263 e. The Morgan fingerprint density at radius 2 is 1.00 bits per heavy atom. The molecular weight excluding hydrogens is 416 g/mol. The van der Waals surface area contributed by atoms with Gasteiger partial charge in [0.25, 0.3) is 0 Å². The molecule has 0 bridgehead atoms. The van der Waals surface area contributed by atoms with E-state index in [2.05, 4.69) is 93.8 Å². The molecular formula is C30H20N4. The molecule has 0 radical (unpaired) electrons. The fourth-order valence-electron chi connectivity index (χ4n) is 4.16. The molecule has 4 aromatic carbocycles. The van der Waals surface area contributed by atoms with Crippen LogP contribution in [0.3, 0.4) is 0 Å². The van der Waals surface area contributed by atoms with Crippen LogP contribution in [0.4, 0.5) is 0 Å². The van der Waals surface area contributed by atoms with Crippen molar-refractivity contribution in [3.8, 4) is 45.0 Å². The maximum atomic E-state index is 4.73. The largest absolute Gasteiger partial charge is 0.263 e. The van der Waals surface area contributed by atoms with Crippen molar-refractivity contribution in [1.82, 2.24) is 19.9 Å². The van der Waals surface area contributed by atoms with E-state index in [1.165, 1.54) is 10.9 Å². The number of hydrogen-bond acceptors (Lipinski definition) is 4. The zero-order valence-electron chi connectivity index (χ0n) is 18.3. The summed E-state index contributed by atoms with van der Waals surface area (Å²) in [6.07, 6.45) is 5.38. The molecule has 2 aromatic heterocycles. The van der Waals surface area contributed by atoms with E-state index in [9.17, 15) is 0 Å². The summed E-state index contributed by atoms with van der Waals surface area (Å²) in [5, 5.41) is 2.32. The Hall–Kier alpha value is -4.70. The zero-order valence-corrected chi connectivity index (χ0v) is 18.3. The molecule has 0 aliphatic carbocycles. The molecule has 0 N–H and O–H groups in total. The Bertz CT molecular complexity index is 1570. The van der Waals surface area contributed by atoms with Crippen LogP contribution in [0.1, 0.15) is 0 Å². The van der Waals surface area contributed by atoms with E-state index >= 15 is 0 Å². The maximum absolute atomic E-state index is 4.73. The number of hydrogen-bond donors (Lipinski definition) is 0. The highest BCUT2D eigenvalue weighted by Gasteiger charge is 2.09. The van der Waals surface area contributed by atoms with Crippen LogP contribution in [0.5, 0.6) is 0 Å². The smallest absolute Gasteiger partial charge is 0.163 e. The SMILES string of the molecule is c1ccc(-c2ccc(-c3ncnc(-c4ccc(-c5cncc6ccccc56)cc4)n3)cc2)cc1. The Kier molecular flexibility index (Phi) is 5.09. The summed E-state index contributed by atoms with van der Waals surface area (Å²) in [7, 11) is 0. The summed E-state index contributed by atoms with van der Waals surface area (Å²) in [5.74, 6) is 1.31. The maximum Gasteiger partial charge on any atom is 0.163 e. The van der Waals surface area contributed by atoms with Gasteiger partial charge in [0.05, 0.1) is 0 Å². The van der Waals surface area contributed by atoms with Gasteiger partial charge in [-0.25, -0.2) is 15.0 Å². The molecule has 0 amide bonds. The average molecular weight is 437 g/mol. The number of benzene rings is 4. The van der Waals surface area contributed by atoms with Gasteiger partial charge >= 0.3 is 0 Å². The van der Waals surface area contributed by atoms with E-state index in [0.717, 1.165) is 33.2 Å². The first-order valence-corrected chi connectivity index (χ1v) is 11.1. The molecule has 2 heterocycles. The van der Waals surface area contributed by atoms with Gasteiger partial charge < -0.3 is 0 Å². The predicted octanol–water partition coefficient (Wildman–Crippen LogP) is 7.09. The fourth-order valence-corrected chi connectivity index (χ4v) is 4.16. The summed E-state index contributed by atoms with van der Waals surface area (Å²) < 4.78 is 0. The van der Waals surface area contributed by atoms with Gasteiger partial charge in [-0.1, -0.05) is 103 Å². The highest BCUT2D eigenvalue weighted by molar-refractivity contribution is 5.95. The molecule has 160 valence electrons. The van der Waals surface area contributed by atoms with E-state index < -0.39 is 0 Å². The van der Waals surface area contributed by atoms with Crippen LogP contribution in [-0.2, 0) is 0 Å². The van der Waals surface area contributed by atoms with Crippen molar-refractivity contribution in [3.05, 3.63) is 122 Å². The molecule has 34 heavy (non-hydrogen) atoms. The van der Waals surface area contributed by atoms with Gasteiger partial charge in [0.1, 0.15) is 6.33 Å². The molecule has 4 heteroatoms. The quantitative estimate of drug-likeness (QED) is 0.296. The normalized spacial score (nSPS) is 10.9. The third-order valence-electron chi connectivity index (χ3n) is 5.94. The van der Waals surface area contributed by atoms with E-state index in [4.69, 9.17) is 4.98 Å². The lowest BCUT2D eigenvalue weighted by Gasteiger charge is -2.08. The molecule has 6 rings (SSSR count).